The average molecular weight is 293 g/mol. The first-order chi connectivity index (χ1) is 9.41. The van der Waals surface area contributed by atoms with Crippen molar-refractivity contribution in [1.82, 2.24) is 0 Å². The number of phenols is 1. The molecule has 20 heavy (non-hydrogen) atoms. The van der Waals surface area contributed by atoms with Gasteiger partial charge in [0, 0.05) is 11.3 Å². The van der Waals surface area contributed by atoms with Crippen LogP contribution in [0.2, 0.25) is 0 Å². The molecule has 0 aliphatic carbocycles. The minimum Gasteiger partial charge on any atom is -0.505 e. The molecule has 0 radical (unpaired) electrons. The van der Waals surface area contributed by atoms with Crippen molar-refractivity contribution in [2.24, 2.45) is 5.73 Å². The Kier molecular flexibility index (Phi) is 4.05. The lowest BCUT2D eigenvalue weighted by molar-refractivity contribution is 0.426. The third-order valence-electron chi connectivity index (χ3n) is 2.91. The number of benzene rings is 2. The average Bonchev–Trinajstić information content (AvgIpc) is 2.40. The summed E-state index contributed by atoms with van der Waals surface area (Å²) in [4.78, 5) is 0. The van der Waals surface area contributed by atoms with Crippen LogP contribution in [0.1, 0.15) is 18.1 Å². The Morgan fingerprint density at radius 1 is 1.10 bits per heavy atom. The number of hydrogen-bond donors (Lipinski definition) is 2. The molecule has 2 aromatic carbocycles. The summed E-state index contributed by atoms with van der Waals surface area (Å²) >= 11 is 0. The Bertz CT molecular complexity index is 677. The molecule has 0 aliphatic rings. The fourth-order valence-corrected chi connectivity index (χ4v) is 2.18. The molecule has 0 aromatic heterocycles. The molecule has 1 unspecified atom stereocenters. The molecule has 0 spiro atoms. The van der Waals surface area contributed by atoms with Gasteiger partial charge in [0.05, 0.1) is 5.56 Å². The van der Waals surface area contributed by atoms with E-state index in [-0.39, 0.29) is 16.8 Å². The number of hydrogen-bond acceptors (Lipinski definition) is 2. The number of halogens is 2. The lowest BCUT2D eigenvalue weighted by Crippen LogP contribution is -2.05. The quantitative estimate of drug-likeness (QED) is 0.836. The monoisotopic (exact) mass is 293 g/mol. The van der Waals surface area contributed by atoms with E-state index >= 15 is 0 Å². The van der Waals surface area contributed by atoms with Gasteiger partial charge in [0.1, 0.15) is 5.82 Å². The molecule has 0 amide bonds. The lowest BCUT2D eigenvalue weighted by atomic mass is 9.95. The third-order valence-corrected chi connectivity index (χ3v) is 3.30. The maximum absolute atomic E-state index is 14.1. The molecule has 0 aliphatic heterocycles. The first-order valence-corrected chi connectivity index (χ1v) is 6.49. The van der Waals surface area contributed by atoms with Crippen molar-refractivity contribution >= 4 is 20.1 Å². The predicted molar refractivity (Wildman–Crippen MR) is 79.7 cm³/mol. The van der Waals surface area contributed by atoms with Crippen molar-refractivity contribution in [2.45, 2.75) is 6.92 Å². The molecule has 2 aromatic rings. The van der Waals surface area contributed by atoms with Gasteiger partial charge in [0.15, 0.2) is 11.6 Å². The van der Waals surface area contributed by atoms with Crippen LogP contribution in [-0.4, -0.2) is 5.11 Å². The van der Waals surface area contributed by atoms with E-state index in [2.05, 4.69) is 9.24 Å². The molecule has 104 valence electrons. The van der Waals surface area contributed by atoms with Gasteiger partial charge in [-0.2, -0.15) is 0 Å². The van der Waals surface area contributed by atoms with Gasteiger partial charge in [-0.25, -0.2) is 8.78 Å². The van der Waals surface area contributed by atoms with E-state index in [4.69, 9.17) is 5.73 Å². The summed E-state index contributed by atoms with van der Waals surface area (Å²) in [5, 5.41) is 10.4. The summed E-state index contributed by atoms with van der Waals surface area (Å²) in [7, 11) is 2.53. The topological polar surface area (TPSA) is 46.2 Å². The van der Waals surface area contributed by atoms with Crippen molar-refractivity contribution in [1.29, 1.82) is 0 Å². The van der Waals surface area contributed by atoms with E-state index in [0.29, 0.717) is 5.56 Å². The third kappa shape index (κ3) is 2.66. The van der Waals surface area contributed by atoms with E-state index in [1.54, 1.807) is 31.2 Å². The van der Waals surface area contributed by atoms with Gasteiger partial charge in [-0.15, -0.1) is 9.24 Å². The maximum Gasteiger partial charge on any atom is 0.175 e. The molecule has 0 heterocycles. The zero-order valence-corrected chi connectivity index (χ0v) is 12.0. The molecule has 2 nitrogen and oxygen atoms in total. The molecule has 1 atom stereocenters. The van der Waals surface area contributed by atoms with Crippen LogP contribution in [0.25, 0.3) is 5.57 Å². The first kappa shape index (κ1) is 14.5. The van der Waals surface area contributed by atoms with Crippen molar-refractivity contribution in [3.05, 3.63) is 64.9 Å². The molecule has 3 N–H and O–H groups in total. The number of nitrogens with two attached hydrogens (primary N) is 1. The highest BCUT2D eigenvalue weighted by Gasteiger charge is 2.20. The molecule has 0 bridgehead atoms. The Balaban J connectivity index is 2.72. The number of aromatic hydroxyl groups is 1. The smallest absolute Gasteiger partial charge is 0.175 e. The zero-order chi connectivity index (χ0) is 14.9. The summed E-state index contributed by atoms with van der Waals surface area (Å²) in [6.07, 6.45) is 0. The second-order valence-electron chi connectivity index (χ2n) is 4.44. The molecular formula is C15H14F2NOP. The summed E-state index contributed by atoms with van der Waals surface area (Å²) in [5.74, 6) is -2.39. The van der Waals surface area contributed by atoms with Crippen LogP contribution in [0.4, 0.5) is 8.78 Å². The Morgan fingerprint density at radius 2 is 1.70 bits per heavy atom. The normalized spacial score (nSPS) is 12.2. The standard InChI is InChI=1S/C15H14F2NOP/c1-8(18)13(9-2-4-10(20)5-3-9)14-11(16)6-7-12(19)15(14)17/h2-7,19H,18,20H2,1H3/b13-8+. The second kappa shape index (κ2) is 5.59. The van der Waals surface area contributed by atoms with Crippen molar-refractivity contribution in [2.75, 3.05) is 0 Å². The van der Waals surface area contributed by atoms with Crippen molar-refractivity contribution in [3.63, 3.8) is 0 Å². The number of phenolic OH excluding ortho intramolecular Hbond substituents is 1. The highest BCUT2D eigenvalue weighted by molar-refractivity contribution is 7.27. The van der Waals surface area contributed by atoms with E-state index in [1.165, 1.54) is 0 Å². The minimum atomic E-state index is -1.01. The van der Waals surface area contributed by atoms with Crippen molar-refractivity contribution in [3.8, 4) is 5.75 Å². The van der Waals surface area contributed by atoms with E-state index < -0.39 is 17.4 Å². The maximum atomic E-state index is 14.1. The molecule has 5 heteroatoms. The highest BCUT2D eigenvalue weighted by atomic mass is 31.0. The van der Waals surface area contributed by atoms with Gasteiger partial charge in [-0.3, -0.25) is 0 Å². The second-order valence-corrected chi connectivity index (χ2v) is 5.10. The predicted octanol–water partition coefficient (Wildman–Crippen LogP) is 2.91. The molecule has 2 rings (SSSR count). The fourth-order valence-electron chi connectivity index (χ4n) is 1.99. The van der Waals surface area contributed by atoms with Crippen LogP contribution < -0.4 is 11.0 Å². The van der Waals surface area contributed by atoms with Crippen LogP contribution in [0, 0.1) is 11.6 Å². The van der Waals surface area contributed by atoms with Gasteiger partial charge < -0.3 is 10.8 Å². The van der Waals surface area contributed by atoms with Crippen LogP contribution in [-0.2, 0) is 0 Å². The molecule has 0 saturated carbocycles. The summed E-state index contributed by atoms with van der Waals surface area (Å²) < 4.78 is 28.0. The lowest BCUT2D eigenvalue weighted by Gasteiger charge is -2.13. The van der Waals surface area contributed by atoms with Crippen LogP contribution in [0.15, 0.2) is 42.1 Å². The van der Waals surface area contributed by atoms with E-state index in [1.807, 2.05) is 0 Å². The Morgan fingerprint density at radius 3 is 2.25 bits per heavy atom. The minimum absolute atomic E-state index is 0.237. The van der Waals surface area contributed by atoms with Crippen LogP contribution in [0.3, 0.4) is 0 Å². The van der Waals surface area contributed by atoms with Gasteiger partial charge in [-0.1, -0.05) is 24.3 Å². The van der Waals surface area contributed by atoms with Gasteiger partial charge in [0.25, 0.3) is 0 Å². The summed E-state index contributed by atoms with van der Waals surface area (Å²) in [5.41, 5.74) is 6.56. The van der Waals surface area contributed by atoms with Gasteiger partial charge >= 0.3 is 0 Å². The summed E-state index contributed by atoms with van der Waals surface area (Å²) in [6, 6.07) is 9.02. The zero-order valence-electron chi connectivity index (χ0n) is 10.8. The fraction of sp³-hybridized carbons (Fsp3) is 0.0667. The summed E-state index contributed by atoms with van der Waals surface area (Å²) in [6.45, 7) is 1.56. The van der Waals surface area contributed by atoms with Crippen molar-refractivity contribution < 1.29 is 13.9 Å². The largest absolute Gasteiger partial charge is 0.505 e. The molecule has 0 fully saturated rings. The first-order valence-electron chi connectivity index (χ1n) is 5.91. The van der Waals surface area contributed by atoms with Crippen LogP contribution in [0.5, 0.6) is 5.75 Å². The Hall–Kier alpha value is -1.93. The molecular weight excluding hydrogens is 279 g/mol. The highest BCUT2D eigenvalue weighted by Crippen LogP contribution is 2.33. The van der Waals surface area contributed by atoms with Crippen LogP contribution >= 0.6 is 9.24 Å². The Labute approximate surface area is 118 Å². The number of rotatable bonds is 2. The number of allylic oxidation sites excluding steroid dienone is 1. The molecule has 0 saturated heterocycles. The van der Waals surface area contributed by atoms with Gasteiger partial charge in [-0.05, 0) is 29.9 Å². The van der Waals surface area contributed by atoms with Gasteiger partial charge in [0.2, 0.25) is 0 Å². The van der Waals surface area contributed by atoms with E-state index in [0.717, 1.165) is 17.4 Å². The van der Waals surface area contributed by atoms with E-state index in [9.17, 15) is 13.9 Å². The SMILES string of the molecule is C/C(N)=C(/c1ccc(P)cc1)c1c(F)ccc(O)c1F.